The predicted molar refractivity (Wildman–Crippen MR) is 127 cm³/mol. The van der Waals surface area contributed by atoms with Crippen molar-refractivity contribution in [3.05, 3.63) is 80.7 Å². The molecular formula is C24H25FN6O4. The van der Waals surface area contributed by atoms with Gasteiger partial charge >= 0.3 is 5.69 Å². The summed E-state index contributed by atoms with van der Waals surface area (Å²) in [6, 6.07) is 12.2. The molecule has 0 aliphatic rings. The summed E-state index contributed by atoms with van der Waals surface area (Å²) in [6.45, 7) is 3.46. The molecule has 0 radical (unpaired) electrons. The molecular weight excluding hydrogens is 455 g/mol. The number of rotatable bonds is 8. The molecule has 2 aromatic heterocycles. The molecule has 2 aromatic carbocycles. The van der Waals surface area contributed by atoms with Gasteiger partial charge < -0.3 is 10.6 Å². The van der Waals surface area contributed by atoms with Crippen molar-refractivity contribution < 1.29 is 14.0 Å². The number of aryl methyl sites for hydroxylation is 1. The number of hydrogen-bond donors (Lipinski definition) is 2. The van der Waals surface area contributed by atoms with E-state index in [0.717, 1.165) is 4.68 Å². The molecule has 0 atom stereocenters. The van der Waals surface area contributed by atoms with Crippen LogP contribution in [0.2, 0.25) is 0 Å². The Hall–Kier alpha value is -4.28. The molecule has 2 heterocycles. The summed E-state index contributed by atoms with van der Waals surface area (Å²) in [7, 11) is 0. The minimum Gasteiger partial charge on any atom is -0.354 e. The number of para-hydroxylation sites is 1. The van der Waals surface area contributed by atoms with E-state index >= 15 is 0 Å². The van der Waals surface area contributed by atoms with Gasteiger partial charge in [-0.05, 0) is 43.7 Å². The second-order valence-electron chi connectivity index (χ2n) is 8.42. The molecule has 2 N–H and O–H groups in total. The summed E-state index contributed by atoms with van der Waals surface area (Å²) in [5, 5.41) is 9.99. The van der Waals surface area contributed by atoms with E-state index in [1.165, 1.54) is 21.1 Å². The molecule has 0 unspecified atom stereocenters. The number of halogens is 1. The van der Waals surface area contributed by atoms with E-state index in [0.29, 0.717) is 16.5 Å². The molecule has 0 aliphatic carbocycles. The molecule has 4 rings (SSSR count). The monoisotopic (exact) mass is 480 g/mol. The summed E-state index contributed by atoms with van der Waals surface area (Å²) in [4.78, 5) is 51.0. The number of aromatic nitrogens is 4. The molecule has 0 saturated carbocycles. The first-order chi connectivity index (χ1) is 16.7. The minimum absolute atomic E-state index is 0.0128. The van der Waals surface area contributed by atoms with Crippen LogP contribution in [0, 0.1) is 5.82 Å². The van der Waals surface area contributed by atoms with Crippen molar-refractivity contribution in [2.75, 3.05) is 0 Å². The van der Waals surface area contributed by atoms with Crippen LogP contribution < -0.4 is 21.9 Å². The zero-order valence-corrected chi connectivity index (χ0v) is 19.3. The molecule has 0 bridgehead atoms. The summed E-state index contributed by atoms with van der Waals surface area (Å²) in [5.74, 6) is -1.05. The fourth-order valence-electron chi connectivity index (χ4n) is 3.77. The third-order valence-electron chi connectivity index (χ3n) is 5.39. The molecule has 182 valence electrons. The number of amides is 2. The molecule has 4 aromatic rings. The van der Waals surface area contributed by atoms with E-state index in [1.54, 1.807) is 36.4 Å². The second-order valence-corrected chi connectivity index (χ2v) is 8.42. The van der Waals surface area contributed by atoms with Crippen molar-refractivity contribution in [2.45, 2.75) is 45.9 Å². The largest absolute Gasteiger partial charge is 0.354 e. The van der Waals surface area contributed by atoms with Crippen LogP contribution in [-0.4, -0.2) is 36.6 Å². The SMILES string of the molecule is CC(C)NC(=O)CCn1c(=O)c2ccccc2n2c(=O)n(CC(=O)NCc3ccc(F)cc3)nc12. The van der Waals surface area contributed by atoms with Crippen molar-refractivity contribution >= 4 is 28.5 Å². The van der Waals surface area contributed by atoms with Gasteiger partial charge in [-0.3, -0.25) is 19.0 Å². The number of carbonyl (C=O) groups excluding carboxylic acids is 2. The normalized spacial score (nSPS) is 11.3. The molecule has 0 fully saturated rings. The van der Waals surface area contributed by atoms with Gasteiger partial charge in [-0.2, -0.15) is 0 Å². The average molecular weight is 481 g/mol. The van der Waals surface area contributed by atoms with Gasteiger partial charge in [-0.15, -0.1) is 5.10 Å². The Balaban J connectivity index is 1.66. The standard InChI is InChI=1S/C24H25FN6O4/c1-15(2)27-20(32)11-12-29-22(34)18-5-3-4-6-19(18)31-23(29)28-30(24(31)35)14-21(33)26-13-16-7-9-17(25)10-8-16/h3-10,15H,11-14H2,1-2H3,(H,26,33)(H,27,32). The smallest absolute Gasteiger partial charge is 0.352 e. The Kier molecular flexibility index (Phi) is 6.76. The predicted octanol–water partition coefficient (Wildman–Crippen LogP) is 1.18. The van der Waals surface area contributed by atoms with Gasteiger partial charge in [-0.25, -0.2) is 18.3 Å². The third kappa shape index (κ3) is 5.13. The summed E-state index contributed by atoms with van der Waals surface area (Å²) in [6.07, 6.45) is 0.0191. The zero-order chi connectivity index (χ0) is 25.1. The highest BCUT2D eigenvalue weighted by molar-refractivity contribution is 5.80. The van der Waals surface area contributed by atoms with E-state index in [2.05, 4.69) is 15.7 Å². The van der Waals surface area contributed by atoms with Gasteiger partial charge in [0.2, 0.25) is 17.6 Å². The summed E-state index contributed by atoms with van der Waals surface area (Å²) >= 11 is 0. The van der Waals surface area contributed by atoms with Gasteiger partial charge in [0, 0.05) is 25.6 Å². The van der Waals surface area contributed by atoms with Crippen LogP contribution in [0.3, 0.4) is 0 Å². The van der Waals surface area contributed by atoms with E-state index in [9.17, 15) is 23.6 Å². The maximum atomic E-state index is 13.2. The fourth-order valence-corrected chi connectivity index (χ4v) is 3.77. The zero-order valence-electron chi connectivity index (χ0n) is 19.3. The third-order valence-corrected chi connectivity index (χ3v) is 5.39. The lowest BCUT2D eigenvalue weighted by atomic mass is 10.2. The Morgan fingerprint density at radius 2 is 1.74 bits per heavy atom. The van der Waals surface area contributed by atoms with E-state index < -0.39 is 11.6 Å². The van der Waals surface area contributed by atoms with Crippen LogP contribution in [0.1, 0.15) is 25.8 Å². The topological polar surface area (TPSA) is 120 Å². The minimum atomic E-state index is -0.589. The number of nitrogens with one attached hydrogen (secondary N) is 2. The van der Waals surface area contributed by atoms with E-state index in [4.69, 9.17) is 0 Å². The van der Waals surface area contributed by atoms with Crippen LogP contribution in [0.4, 0.5) is 4.39 Å². The van der Waals surface area contributed by atoms with Crippen molar-refractivity contribution in [1.82, 2.24) is 29.4 Å². The van der Waals surface area contributed by atoms with Crippen molar-refractivity contribution in [3.8, 4) is 0 Å². The molecule has 0 spiro atoms. The first kappa shape index (κ1) is 23.9. The van der Waals surface area contributed by atoms with E-state index in [-0.39, 0.29) is 55.2 Å². The molecule has 10 nitrogen and oxygen atoms in total. The summed E-state index contributed by atoms with van der Waals surface area (Å²) in [5.41, 5.74) is 0.0804. The summed E-state index contributed by atoms with van der Waals surface area (Å²) < 4.78 is 16.6. The van der Waals surface area contributed by atoms with Crippen LogP contribution >= 0.6 is 0 Å². The number of benzene rings is 2. The van der Waals surface area contributed by atoms with Crippen molar-refractivity contribution in [2.24, 2.45) is 0 Å². The van der Waals surface area contributed by atoms with Crippen LogP contribution in [0.25, 0.3) is 16.7 Å². The van der Waals surface area contributed by atoms with Crippen LogP contribution in [0.5, 0.6) is 0 Å². The average Bonchev–Trinajstić information content (AvgIpc) is 3.14. The van der Waals surface area contributed by atoms with Gasteiger partial charge in [0.05, 0.1) is 10.9 Å². The van der Waals surface area contributed by atoms with Crippen molar-refractivity contribution in [1.29, 1.82) is 0 Å². The highest BCUT2D eigenvalue weighted by atomic mass is 19.1. The molecule has 11 heteroatoms. The molecule has 0 saturated heterocycles. The maximum absolute atomic E-state index is 13.2. The first-order valence-electron chi connectivity index (χ1n) is 11.2. The Bertz CT molecular complexity index is 1520. The van der Waals surface area contributed by atoms with Gasteiger partial charge in [0.15, 0.2) is 0 Å². The van der Waals surface area contributed by atoms with Gasteiger partial charge in [-0.1, -0.05) is 24.3 Å². The highest BCUT2D eigenvalue weighted by Gasteiger charge is 2.19. The quantitative estimate of drug-likeness (QED) is 0.393. The van der Waals surface area contributed by atoms with Crippen LogP contribution in [0.15, 0.2) is 58.1 Å². The lowest BCUT2D eigenvalue weighted by molar-refractivity contribution is -0.122. The number of carbonyl (C=O) groups is 2. The van der Waals surface area contributed by atoms with Crippen LogP contribution in [-0.2, 0) is 29.2 Å². The lowest BCUT2D eigenvalue weighted by Crippen LogP contribution is -2.33. The van der Waals surface area contributed by atoms with E-state index in [1.807, 2.05) is 13.8 Å². The maximum Gasteiger partial charge on any atom is 0.352 e. The number of nitrogens with zero attached hydrogens (tertiary/aromatic N) is 4. The second kappa shape index (κ2) is 9.92. The fraction of sp³-hybridized carbons (Fsp3) is 0.292. The molecule has 2 amide bonds. The Labute approximate surface area is 199 Å². The highest BCUT2D eigenvalue weighted by Crippen LogP contribution is 2.11. The molecule has 35 heavy (non-hydrogen) atoms. The lowest BCUT2D eigenvalue weighted by Gasteiger charge is -2.11. The van der Waals surface area contributed by atoms with Gasteiger partial charge in [0.25, 0.3) is 5.56 Å². The number of fused-ring (bicyclic) bond motifs is 3. The van der Waals surface area contributed by atoms with Crippen molar-refractivity contribution in [3.63, 3.8) is 0 Å². The Morgan fingerprint density at radius 1 is 1.03 bits per heavy atom. The number of hydrogen-bond acceptors (Lipinski definition) is 5. The Morgan fingerprint density at radius 3 is 2.46 bits per heavy atom. The molecule has 0 aliphatic heterocycles. The first-order valence-corrected chi connectivity index (χ1v) is 11.2. The van der Waals surface area contributed by atoms with Gasteiger partial charge in [0.1, 0.15) is 12.4 Å².